The standard InChI is InChI=1S/C16H19NO4S/c1-9-12(15(18)20-4)14(11-6-7-22-8-11)13(16(19)21-5)10(2)17(9)3/h6-8,14H,1-5H3. The van der Waals surface area contributed by atoms with Crippen molar-refractivity contribution >= 4 is 23.3 Å². The molecule has 0 saturated carbocycles. The van der Waals surface area contributed by atoms with E-state index in [4.69, 9.17) is 9.47 Å². The summed E-state index contributed by atoms with van der Waals surface area (Å²) in [5.74, 6) is -1.34. The molecule has 1 aliphatic rings. The Bertz CT molecular complexity index is 618. The van der Waals surface area contributed by atoms with E-state index in [1.807, 2.05) is 42.6 Å². The van der Waals surface area contributed by atoms with Crippen LogP contribution in [0, 0.1) is 0 Å². The molecular weight excluding hydrogens is 302 g/mol. The van der Waals surface area contributed by atoms with Crippen molar-refractivity contribution in [2.75, 3.05) is 21.3 Å². The van der Waals surface area contributed by atoms with Gasteiger partial charge in [0.2, 0.25) is 0 Å². The number of hydrogen-bond donors (Lipinski definition) is 0. The second-order valence-electron chi connectivity index (χ2n) is 5.03. The highest BCUT2D eigenvalue weighted by molar-refractivity contribution is 7.08. The summed E-state index contributed by atoms with van der Waals surface area (Å²) >= 11 is 1.52. The first-order valence-corrected chi connectivity index (χ1v) is 7.72. The Morgan fingerprint density at radius 1 is 1.09 bits per heavy atom. The predicted molar refractivity (Wildman–Crippen MR) is 84.3 cm³/mol. The van der Waals surface area contributed by atoms with Crippen LogP contribution in [-0.2, 0) is 19.1 Å². The Morgan fingerprint density at radius 2 is 1.59 bits per heavy atom. The van der Waals surface area contributed by atoms with Crippen LogP contribution in [0.4, 0.5) is 0 Å². The van der Waals surface area contributed by atoms with Gasteiger partial charge in [-0.2, -0.15) is 11.3 Å². The number of carbonyl (C=O) groups excluding carboxylic acids is 2. The number of nitrogens with zero attached hydrogens (tertiary/aromatic N) is 1. The van der Waals surface area contributed by atoms with Gasteiger partial charge in [0.05, 0.1) is 31.3 Å². The molecule has 6 heteroatoms. The van der Waals surface area contributed by atoms with Gasteiger partial charge >= 0.3 is 11.9 Å². The molecule has 22 heavy (non-hydrogen) atoms. The minimum atomic E-state index is -0.470. The minimum absolute atomic E-state index is 0.436. The number of allylic oxidation sites excluding steroid dienone is 2. The van der Waals surface area contributed by atoms with Crippen molar-refractivity contribution in [2.45, 2.75) is 19.8 Å². The van der Waals surface area contributed by atoms with Crippen molar-refractivity contribution in [2.24, 2.45) is 0 Å². The molecule has 0 bridgehead atoms. The van der Waals surface area contributed by atoms with Crippen LogP contribution < -0.4 is 0 Å². The van der Waals surface area contributed by atoms with E-state index in [0.29, 0.717) is 11.1 Å². The van der Waals surface area contributed by atoms with Crippen molar-refractivity contribution in [3.8, 4) is 0 Å². The first-order chi connectivity index (χ1) is 10.4. The molecule has 2 heterocycles. The number of ether oxygens (including phenoxy) is 2. The van der Waals surface area contributed by atoms with Crippen LogP contribution in [0.5, 0.6) is 0 Å². The molecule has 118 valence electrons. The Labute approximate surface area is 133 Å². The van der Waals surface area contributed by atoms with Crippen molar-refractivity contribution in [1.29, 1.82) is 0 Å². The second-order valence-corrected chi connectivity index (χ2v) is 5.81. The molecule has 0 amide bonds. The largest absolute Gasteiger partial charge is 0.466 e. The van der Waals surface area contributed by atoms with E-state index in [0.717, 1.165) is 17.0 Å². The number of thiophene rings is 1. The van der Waals surface area contributed by atoms with Crippen molar-refractivity contribution in [3.63, 3.8) is 0 Å². The van der Waals surface area contributed by atoms with Crippen LogP contribution in [0.25, 0.3) is 0 Å². The highest BCUT2D eigenvalue weighted by Gasteiger charge is 2.39. The summed E-state index contributed by atoms with van der Waals surface area (Å²) in [6, 6.07) is 1.91. The van der Waals surface area contributed by atoms with E-state index in [2.05, 4.69) is 0 Å². The SMILES string of the molecule is COC(=O)C1=C(C)N(C)C(C)=C(C(=O)OC)C1c1ccsc1. The van der Waals surface area contributed by atoms with Gasteiger partial charge in [-0.05, 0) is 36.2 Å². The van der Waals surface area contributed by atoms with Gasteiger partial charge in [-0.1, -0.05) is 0 Å². The van der Waals surface area contributed by atoms with Crippen molar-refractivity contribution in [3.05, 3.63) is 44.9 Å². The van der Waals surface area contributed by atoms with E-state index >= 15 is 0 Å². The van der Waals surface area contributed by atoms with Gasteiger partial charge in [0.1, 0.15) is 0 Å². The van der Waals surface area contributed by atoms with Crippen LogP contribution in [0.2, 0.25) is 0 Å². The van der Waals surface area contributed by atoms with Crippen LogP contribution in [0.3, 0.4) is 0 Å². The number of hydrogen-bond acceptors (Lipinski definition) is 6. The molecule has 1 aromatic rings. The summed E-state index contributed by atoms with van der Waals surface area (Å²) in [4.78, 5) is 26.4. The lowest BCUT2D eigenvalue weighted by atomic mass is 9.81. The van der Waals surface area contributed by atoms with E-state index in [-0.39, 0.29) is 0 Å². The fourth-order valence-electron chi connectivity index (χ4n) is 2.70. The zero-order valence-corrected chi connectivity index (χ0v) is 14.1. The molecule has 1 aliphatic heterocycles. The molecule has 0 radical (unpaired) electrons. The second kappa shape index (κ2) is 6.36. The maximum atomic E-state index is 12.3. The lowest BCUT2D eigenvalue weighted by molar-refractivity contribution is -0.137. The molecule has 5 nitrogen and oxygen atoms in total. The first kappa shape index (κ1) is 16.3. The van der Waals surface area contributed by atoms with Gasteiger partial charge in [-0.15, -0.1) is 0 Å². The topological polar surface area (TPSA) is 55.8 Å². The van der Waals surface area contributed by atoms with Gasteiger partial charge in [0.25, 0.3) is 0 Å². The number of methoxy groups -OCH3 is 2. The molecule has 1 aromatic heterocycles. The van der Waals surface area contributed by atoms with E-state index in [1.165, 1.54) is 25.6 Å². The summed E-state index contributed by atoms with van der Waals surface area (Å²) in [7, 11) is 4.51. The summed E-state index contributed by atoms with van der Waals surface area (Å²) in [6.07, 6.45) is 0. The third-order valence-corrected chi connectivity index (χ3v) is 4.75. The molecule has 0 aliphatic carbocycles. The fourth-order valence-corrected chi connectivity index (χ4v) is 3.38. The average Bonchev–Trinajstić information content (AvgIpc) is 3.05. The van der Waals surface area contributed by atoms with E-state index in [9.17, 15) is 9.59 Å². The van der Waals surface area contributed by atoms with E-state index < -0.39 is 17.9 Å². The summed E-state index contributed by atoms with van der Waals surface area (Å²) in [6.45, 7) is 3.70. The smallest absolute Gasteiger partial charge is 0.336 e. The average molecular weight is 321 g/mol. The van der Waals surface area contributed by atoms with Gasteiger partial charge in [0.15, 0.2) is 0 Å². The maximum absolute atomic E-state index is 12.3. The Balaban J connectivity index is 2.71. The first-order valence-electron chi connectivity index (χ1n) is 6.78. The third-order valence-electron chi connectivity index (χ3n) is 4.05. The molecular formula is C16H19NO4S. The van der Waals surface area contributed by atoms with Crippen LogP contribution in [-0.4, -0.2) is 38.1 Å². The zero-order chi connectivity index (χ0) is 16.4. The summed E-state index contributed by atoms with van der Waals surface area (Å²) < 4.78 is 9.88. The van der Waals surface area contributed by atoms with Crippen LogP contribution >= 0.6 is 11.3 Å². The van der Waals surface area contributed by atoms with Gasteiger partial charge in [-0.3, -0.25) is 0 Å². The lowest BCUT2D eigenvalue weighted by Crippen LogP contribution is -2.33. The highest BCUT2D eigenvalue weighted by Crippen LogP contribution is 2.42. The summed E-state index contributed by atoms with van der Waals surface area (Å²) in [5.41, 5.74) is 3.36. The Morgan fingerprint density at radius 3 is 1.95 bits per heavy atom. The number of rotatable bonds is 3. The predicted octanol–water partition coefficient (Wildman–Crippen LogP) is 2.67. The van der Waals surface area contributed by atoms with Gasteiger partial charge in [0, 0.05) is 18.4 Å². The molecule has 0 saturated heterocycles. The van der Waals surface area contributed by atoms with Crippen LogP contribution in [0.1, 0.15) is 25.3 Å². The fraction of sp³-hybridized carbons (Fsp3) is 0.375. The zero-order valence-electron chi connectivity index (χ0n) is 13.3. The Hall–Kier alpha value is -2.08. The quantitative estimate of drug-likeness (QED) is 0.801. The van der Waals surface area contributed by atoms with Crippen LogP contribution in [0.15, 0.2) is 39.4 Å². The number of carbonyl (C=O) groups is 2. The molecule has 0 N–H and O–H groups in total. The number of esters is 2. The lowest BCUT2D eigenvalue weighted by Gasteiger charge is -2.35. The molecule has 0 aromatic carbocycles. The molecule has 0 spiro atoms. The summed E-state index contributed by atoms with van der Waals surface area (Å²) in [5, 5.41) is 3.85. The van der Waals surface area contributed by atoms with E-state index in [1.54, 1.807) is 0 Å². The maximum Gasteiger partial charge on any atom is 0.336 e. The molecule has 0 fully saturated rings. The molecule has 2 rings (SSSR count). The molecule has 0 unspecified atom stereocenters. The minimum Gasteiger partial charge on any atom is -0.466 e. The van der Waals surface area contributed by atoms with Gasteiger partial charge in [-0.25, -0.2) is 9.59 Å². The monoisotopic (exact) mass is 321 g/mol. The van der Waals surface area contributed by atoms with Crippen molar-refractivity contribution < 1.29 is 19.1 Å². The van der Waals surface area contributed by atoms with Gasteiger partial charge < -0.3 is 14.4 Å². The van der Waals surface area contributed by atoms with Crippen molar-refractivity contribution in [1.82, 2.24) is 4.90 Å². The Kier molecular flexibility index (Phi) is 4.71. The third kappa shape index (κ3) is 2.54. The molecule has 0 atom stereocenters. The normalized spacial score (nSPS) is 16.1. The highest BCUT2D eigenvalue weighted by atomic mass is 32.1.